The van der Waals surface area contributed by atoms with Crippen LogP contribution in [-0.4, -0.2) is 25.4 Å². The molecule has 2 amide bonds. The highest BCUT2D eigenvalue weighted by Crippen LogP contribution is 2.25. The number of hydrogen-bond donors (Lipinski definition) is 1. The van der Waals surface area contributed by atoms with Gasteiger partial charge in [-0.2, -0.15) is 0 Å². The summed E-state index contributed by atoms with van der Waals surface area (Å²) in [5.41, 5.74) is 2.12. The van der Waals surface area contributed by atoms with Crippen LogP contribution in [0.5, 0.6) is 0 Å². The van der Waals surface area contributed by atoms with Gasteiger partial charge >= 0.3 is 0 Å². The topological polar surface area (TPSA) is 49.4 Å². The number of anilines is 1. The summed E-state index contributed by atoms with van der Waals surface area (Å²) in [4.78, 5) is 25.1. The molecule has 0 unspecified atom stereocenters. The maximum Gasteiger partial charge on any atom is 0.227 e. The molecule has 1 aromatic carbocycles. The minimum Gasteiger partial charge on any atom is -0.359 e. The number of benzene rings is 1. The number of nitrogens with zero attached hydrogens (tertiary/aromatic N) is 1. The molecule has 0 bridgehead atoms. The zero-order valence-electron chi connectivity index (χ0n) is 10.8. The van der Waals surface area contributed by atoms with Crippen molar-refractivity contribution in [1.82, 2.24) is 5.32 Å². The molecule has 1 atom stereocenters. The molecule has 18 heavy (non-hydrogen) atoms. The lowest BCUT2D eigenvalue weighted by atomic mass is 10.1. The fraction of sp³-hybridized carbons (Fsp3) is 0.429. The van der Waals surface area contributed by atoms with Gasteiger partial charge in [-0.3, -0.25) is 9.59 Å². The van der Waals surface area contributed by atoms with Crippen LogP contribution in [0.3, 0.4) is 0 Å². The Morgan fingerprint density at radius 2 is 2.06 bits per heavy atom. The lowest BCUT2D eigenvalue weighted by Crippen LogP contribution is -2.30. The Morgan fingerprint density at radius 3 is 2.61 bits per heavy atom. The van der Waals surface area contributed by atoms with E-state index in [0.717, 1.165) is 12.1 Å². The molecule has 0 aromatic heterocycles. The van der Waals surface area contributed by atoms with Gasteiger partial charge < -0.3 is 10.2 Å². The van der Waals surface area contributed by atoms with Crippen molar-refractivity contribution < 1.29 is 9.59 Å². The summed E-state index contributed by atoms with van der Waals surface area (Å²) in [6, 6.07) is 7.94. The van der Waals surface area contributed by atoms with E-state index in [1.54, 1.807) is 11.9 Å². The lowest BCUT2D eigenvalue weighted by molar-refractivity contribution is -0.125. The quantitative estimate of drug-likeness (QED) is 0.875. The number of aryl methyl sites for hydroxylation is 1. The third-order valence-corrected chi connectivity index (χ3v) is 3.40. The Labute approximate surface area is 107 Å². The van der Waals surface area contributed by atoms with E-state index in [-0.39, 0.29) is 17.7 Å². The van der Waals surface area contributed by atoms with Gasteiger partial charge in [-0.25, -0.2) is 0 Å². The Kier molecular flexibility index (Phi) is 3.65. The first kappa shape index (κ1) is 12.6. The Balaban J connectivity index is 2.13. The average molecular weight is 246 g/mol. The molecule has 1 heterocycles. The largest absolute Gasteiger partial charge is 0.359 e. The molecule has 96 valence electrons. The first-order valence-corrected chi connectivity index (χ1v) is 6.26. The Morgan fingerprint density at radius 1 is 1.39 bits per heavy atom. The summed E-state index contributed by atoms with van der Waals surface area (Å²) in [5.74, 6) is -0.266. The van der Waals surface area contributed by atoms with Crippen molar-refractivity contribution in [3.8, 4) is 0 Å². The van der Waals surface area contributed by atoms with Crippen molar-refractivity contribution in [2.24, 2.45) is 5.92 Å². The molecule has 0 radical (unpaired) electrons. The van der Waals surface area contributed by atoms with Crippen LogP contribution in [0, 0.1) is 5.92 Å². The van der Waals surface area contributed by atoms with Crippen LogP contribution >= 0.6 is 0 Å². The fourth-order valence-electron chi connectivity index (χ4n) is 2.25. The van der Waals surface area contributed by atoms with Crippen LogP contribution in [0.25, 0.3) is 0 Å². The van der Waals surface area contributed by atoms with E-state index in [1.165, 1.54) is 5.56 Å². The van der Waals surface area contributed by atoms with Crippen LogP contribution in [0.15, 0.2) is 24.3 Å². The number of carbonyl (C=O) groups excluding carboxylic acids is 2. The average Bonchev–Trinajstić information content (AvgIpc) is 2.80. The van der Waals surface area contributed by atoms with Crippen molar-refractivity contribution in [3.63, 3.8) is 0 Å². The van der Waals surface area contributed by atoms with Crippen molar-refractivity contribution in [2.75, 3.05) is 18.5 Å². The van der Waals surface area contributed by atoms with Gasteiger partial charge in [0.1, 0.15) is 0 Å². The fourth-order valence-corrected chi connectivity index (χ4v) is 2.25. The predicted molar refractivity (Wildman–Crippen MR) is 70.3 cm³/mol. The highest BCUT2D eigenvalue weighted by atomic mass is 16.2. The minimum absolute atomic E-state index is 0.0212. The van der Waals surface area contributed by atoms with Crippen LogP contribution in [0.4, 0.5) is 5.69 Å². The van der Waals surface area contributed by atoms with E-state index in [1.807, 2.05) is 24.3 Å². The number of rotatable bonds is 3. The molecule has 4 heteroatoms. The van der Waals surface area contributed by atoms with E-state index in [2.05, 4.69) is 12.2 Å². The Bertz CT molecular complexity index is 453. The molecular weight excluding hydrogens is 228 g/mol. The monoisotopic (exact) mass is 246 g/mol. The summed E-state index contributed by atoms with van der Waals surface area (Å²) in [6.07, 6.45) is 1.28. The number of hydrogen-bond acceptors (Lipinski definition) is 2. The van der Waals surface area contributed by atoms with Gasteiger partial charge in [0.15, 0.2) is 0 Å². The van der Waals surface area contributed by atoms with Crippen LogP contribution in [0.1, 0.15) is 18.9 Å². The van der Waals surface area contributed by atoms with E-state index in [0.29, 0.717) is 13.0 Å². The van der Waals surface area contributed by atoms with Gasteiger partial charge in [0.2, 0.25) is 11.8 Å². The van der Waals surface area contributed by atoms with Crippen molar-refractivity contribution in [1.29, 1.82) is 0 Å². The second-order valence-electron chi connectivity index (χ2n) is 4.54. The number of carbonyl (C=O) groups is 2. The highest BCUT2D eigenvalue weighted by molar-refractivity contribution is 6.00. The lowest BCUT2D eigenvalue weighted by Gasteiger charge is -2.16. The molecule has 1 aliphatic rings. The summed E-state index contributed by atoms with van der Waals surface area (Å²) in [7, 11) is 1.60. The molecule has 1 fully saturated rings. The Hall–Kier alpha value is -1.84. The van der Waals surface area contributed by atoms with Crippen LogP contribution in [0.2, 0.25) is 0 Å². The molecule has 2 rings (SSSR count). The molecule has 1 saturated heterocycles. The van der Waals surface area contributed by atoms with E-state index < -0.39 is 0 Å². The standard InChI is InChI=1S/C14H18N2O2/c1-3-10-4-6-12(7-5-10)16-9-11(8-13(16)17)14(18)15-2/h4-7,11H,3,8-9H2,1-2H3,(H,15,18)/t11-/m0/s1. The highest BCUT2D eigenvalue weighted by Gasteiger charge is 2.34. The van der Waals surface area contributed by atoms with Crippen LogP contribution in [-0.2, 0) is 16.0 Å². The summed E-state index contributed by atoms with van der Waals surface area (Å²) < 4.78 is 0. The zero-order chi connectivity index (χ0) is 13.1. The maximum absolute atomic E-state index is 11.9. The van der Waals surface area contributed by atoms with Gasteiger partial charge in [-0.15, -0.1) is 0 Å². The first-order valence-electron chi connectivity index (χ1n) is 6.26. The van der Waals surface area contributed by atoms with Crippen LogP contribution < -0.4 is 10.2 Å². The van der Waals surface area contributed by atoms with Crippen molar-refractivity contribution in [2.45, 2.75) is 19.8 Å². The smallest absolute Gasteiger partial charge is 0.227 e. The van der Waals surface area contributed by atoms with Crippen molar-refractivity contribution >= 4 is 17.5 Å². The minimum atomic E-state index is -0.228. The molecule has 1 aromatic rings. The molecule has 0 saturated carbocycles. The molecule has 1 N–H and O–H groups in total. The summed E-state index contributed by atoms with van der Waals surface area (Å²) in [6.45, 7) is 2.57. The SMILES string of the molecule is CCc1ccc(N2C[C@@H](C(=O)NC)CC2=O)cc1. The molecule has 0 aliphatic carbocycles. The van der Waals surface area contributed by atoms with Gasteiger partial charge in [0.05, 0.1) is 5.92 Å². The molecule has 1 aliphatic heterocycles. The molecular formula is C14H18N2O2. The second kappa shape index (κ2) is 5.21. The molecule has 0 spiro atoms. The maximum atomic E-state index is 11.9. The normalized spacial score (nSPS) is 19.1. The van der Waals surface area contributed by atoms with Gasteiger partial charge in [-0.1, -0.05) is 19.1 Å². The summed E-state index contributed by atoms with van der Waals surface area (Å²) in [5, 5.41) is 2.60. The number of amides is 2. The third kappa shape index (κ3) is 2.37. The zero-order valence-corrected chi connectivity index (χ0v) is 10.8. The van der Waals surface area contributed by atoms with Gasteiger partial charge in [0.25, 0.3) is 0 Å². The summed E-state index contributed by atoms with van der Waals surface area (Å²) >= 11 is 0. The van der Waals surface area contributed by atoms with Crippen molar-refractivity contribution in [3.05, 3.63) is 29.8 Å². The number of nitrogens with one attached hydrogen (secondary N) is 1. The first-order chi connectivity index (χ1) is 8.65. The molecule has 4 nitrogen and oxygen atoms in total. The van der Waals surface area contributed by atoms with E-state index in [9.17, 15) is 9.59 Å². The van der Waals surface area contributed by atoms with Gasteiger partial charge in [-0.05, 0) is 24.1 Å². The second-order valence-corrected chi connectivity index (χ2v) is 4.54. The van der Waals surface area contributed by atoms with E-state index >= 15 is 0 Å². The predicted octanol–water partition coefficient (Wildman–Crippen LogP) is 1.35. The third-order valence-electron chi connectivity index (χ3n) is 3.40. The van der Waals surface area contributed by atoms with Gasteiger partial charge in [0, 0.05) is 25.7 Å². The van der Waals surface area contributed by atoms with E-state index in [4.69, 9.17) is 0 Å².